The molecule has 2 N–H and O–H groups in total. The third-order valence-electron chi connectivity index (χ3n) is 3.53. The molecule has 0 aliphatic heterocycles. The summed E-state index contributed by atoms with van der Waals surface area (Å²) in [4.78, 5) is 16.0. The number of rotatable bonds is 6. The van der Waals surface area contributed by atoms with Gasteiger partial charge in [0.1, 0.15) is 18.5 Å². The molecule has 26 heavy (non-hydrogen) atoms. The summed E-state index contributed by atoms with van der Waals surface area (Å²) in [6.07, 6.45) is -0.727. The first-order chi connectivity index (χ1) is 12.7. The van der Waals surface area contributed by atoms with Crippen LogP contribution >= 0.6 is 0 Å². The Morgan fingerprint density at radius 1 is 1.19 bits per heavy atom. The molecule has 0 aliphatic rings. The predicted octanol–water partition coefficient (Wildman–Crippen LogP) is 2.84. The maximum atomic E-state index is 13.0. The highest BCUT2D eigenvalue weighted by Crippen LogP contribution is 2.19. The number of hydrogen-bond acceptors (Lipinski definition) is 6. The lowest BCUT2D eigenvalue weighted by Crippen LogP contribution is -2.31. The van der Waals surface area contributed by atoms with Crippen molar-refractivity contribution >= 4 is 6.09 Å². The van der Waals surface area contributed by atoms with Crippen LogP contribution in [0.25, 0.3) is 11.4 Å². The van der Waals surface area contributed by atoms with Crippen LogP contribution in [-0.2, 0) is 11.3 Å². The lowest BCUT2D eigenvalue weighted by atomic mass is 10.2. The average molecular weight is 357 g/mol. The number of halogens is 1. The molecule has 3 rings (SSSR count). The van der Waals surface area contributed by atoms with E-state index >= 15 is 0 Å². The van der Waals surface area contributed by atoms with Gasteiger partial charge < -0.3 is 19.7 Å². The van der Waals surface area contributed by atoms with Gasteiger partial charge in [0, 0.05) is 5.56 Å². The van der Waals surface area contributed by atoms with Gasteiger partial charge in [0.2, 0.25) is 5.82 Å². The number of ether oxygens (including phenoxy) is 1. The molecule has 0 fully saturated rings. The van der Waals surface area contributed by atoms with Crippen LogP contribution in [0.1, 0.15) is 17.5 Å². The Hall–Kier alpha value is -3.26. The van der Waals surface area contributed by atoms with E-state index in [0.29, 0.717) is 5.56 Å². The summed E-state index contributed by atoms with van der Waals surface area (Å²) in [6, 6.07) is 13.8. The lowest BCUT2D eigenvalue weighted by molar-refractivity contribution is 0.124. The van der Waals surface area contributed by atoms with Gasteiger partial charge in [-0.1, -0.05) is 35.5 Å². The smallest absolute Gasteiger partial charge is 0.408 e. The Balaban J connectivity index is 1.61. The molecule has 0 saturated heterocycles. The van der Waals surface area contributed by atoms with Gasteiger partial charge in [0.05, 0.1) is 6.61 Å². The van der Waals surface area contributed by atoms with Gasteiger partial charge in [-0.15, -0.1) is 0 Å². The Morgan fingerprint density at radius 3 is 2.62 bits per heavy atom. The number of benzene rings is 2. The Bertz CT molecular complexity index is 852. The van der Waals surface area contributed by atoms with Crippen LogP contribution in [0.4, 0.5) is 9.18 Å². The van der Waals surface area contributed by atoms with E-state index < -0.39 is 18.7 Å². The highest BCUT2D eigenvalue weighted by atomic mass is 19.1. The number of alkyl carbamates (subject to hydrolysis) is 1. The highest BCUT2D eigenvalue weighted by molar-refractivity contribution is 5.67. The summed E-state index contributed by atoms with van der Waals surface area (Å²) in [5, 5.41) is 15.7. The zero-order valence-electron chi connectivity index (χ0n) is 13.6. The zero-order chi connectivity index (χ0) is 18.4. The van der Waals surface area contributed by atoms with Gasteiger partial charge in [0.25, 0.3) is 5.89 Å². The summed E-state index contributed by atoms with van der Waals surface area (Å²) in [6.45, 7) is -0.360. The molecule has 0 radical (unpaired) electrons. The number of carbonyl (C=O) groups is 1. The highest BCUT2D eigenvalue weighted by Gasteiger charge is 2.21. The minimum Gasteiger partial charge on any atom is -0.445 e. The van der Waals surface area contributed by atoms with Crippen molar-refractivity contribution in [2.45, 2.75) is 12.6 Å². The van der Waals surface area contributed by atoms with Gasteiger partial charge in [-0.3, -0.25) is 0 Å². The van der Waals surface area contributed by atoms with Crippen molar-refractivity contribution in [3.8, 4) is 11.4 Å². The summed E-state index contributed by atoms with van der Waals surface area (Å²) < 4.78 is 23.1. The number of aliphatic hydroxyl groups excluding tert-OH is 1. The minimum absolute atomic E-state index is 0.0171. The molecule has 1 amide bonds. The van der Waals surface area contributed by atoms with Crippen molar-refractivity contribution in [2.75, 3.05) is 6.61 Å². The van der Waals surface area contributed by atoms with Crippen LogP contribution < -0.4 is 5.32 Å². The molecule has 8 heteroatoms. The van der Waals surface area contributed by atoms with Crippen molar-refractivity contribution in [3.63, 3.8) is 0 Å². The molecule has 3 aromatic rings. The maximum Gasteiger partial charge on any atom is 0.408 e. The monoisotopic (exact) mass is 357 g/mol. The van der Waals surface area contributed by atoms with Crippen LogP contribution in [0.2, 0.25) is 0 Å². The topological polar surface area (TPSA) is 97.5 Å². The van der Waals surface area contributed by atoms with Gasteiger partial charge in [-0.2, -0.15) is 4.98 Å². The molecule has 0 aliphatic carbocycles. The number of amides is 1. The molecule has 0 saturated carbocycles. The SMILES string of the molecule is O=C(N[C@@H](CO)c1nc(-c2ccc(F)cc2)no1)OCc1ccccc1. The molecule has 0 bridgehead atoms. The van der Waals surface area contributed by atoms with Gasteiger partial charge >= 0.3 is 6.09 Å². The van der Waals surface area contributed by atoms with Crippen molar-refractivity contribution < 1.29 is 23.6 Å². The molecule has 1 atom stereocenters. The van der Waals surface area contributed by atoms with E-state index in [2.05, 4.69) is 15.5 Å². The van der Waals surface area contributed by atoms with E-state index in [0.717, 1.165) is 5.56 Å². The molecule has 7 nitrogen and oxygen atoms in total. The van der Waals surface area contributed by atoms with Crippen LogP contribution in [-0.4, -0.2) is 27.9 Å². The van der Waals surface area contributed by atoms with E-state index in [1.807, 2.05) is 30.3 Å². The van der Waals surface area contributed by atoms with Gasteiger partial charge in [-0.05, 0) is 29.8 Å². The fourth-order valence-electron chi connectivity index (χ4n) is 2.19. The van der Waals surface area contributed by atoms with E-state index in [-0.39, 0.29) is 24.1 Å². The predicted molar refractivity (Wildman–Crippen MR) is 89.3 cm³/mol. The molecule has 2 aromatic carbocycles. The summed E-state index contributed by atoms with van der Waals surface area (Å²) in [5.41, 5.74) is 1.38. The van der Waals surface area contributed by atoms with Crippen LogP contribution in [0, 0.1) is 5.82 Å². The second kappa shape index (κ2) is 8.21. The summed E-state index contributed by atoms with van der Waals surface area (Å²) in [5.74, 6) is -0.144. The van der Waals surface area contributed by atoms with E-state index in [4.69, 9.17) is 9.26 Å². The van der Waals surface area contributed by atoms with Gasteiger partial charge in [0.15, 0.2) is 0 Å². The minimum atomic E-state index is -0.917. The van der Waals surface area contributed by atoms with Crippen molar-refractivity contribution in [1.29, 1.82) is 0 Å². The first-order valence-corrected chi connectivity index (χ1v) is 7.83. The average Bonchev–Trinajstić information content (AvgIpc) is 3.16. The largest absolute Gasteiger partial charge is 0.445 e. The fraction of sp³-hybridized carbons (Fsp3) is 0.167. The maximum absolute atomic E-state index is 13.0. The molecule has 1 aromatic heterocycles. The van der Waals surface area contributed by atoms with E-state index in [1.165, 1.54) is 24.3 Å². The van der Waals surface area contributed by atoms with Gasteiger partial charge in [-0.25, -0.2) is 9.18 Å². The standard InChI is InChI=1S/C18H16FN3O4/c19-14-8-6-13(7-9-14)16-21-17(26-22-16)15(10-23)20-18(24)25-11-12-4-2-1-3-5-12/h1-9,15,23H,10-11H2,(H,20,24)/t15-/m0/s1. The molecule has 0 unspecified atom stereocenters. The normalized spacial score (nSPS) is 11.8. The molecule has 1 heterocycles. The second-order valence-electron chi connectivity index (χ2n) is 5.40. The quantitative estimate of drug-likeness (QED) is 0.704. The van der Waals surface area contributed by atoms with Crippen LogP contribution in [0.3, 0.4) is 0 Å². The number of carbonyl (C=O) groups excluding carboxylic acids is 1. The third-order valence-corrected chi connectivity index (χ3v) is 3.53. The number of aliphatic hydroxyl groups is 1. The van der Waals surface area contributed by atoms with Crippen LogP contribution in [0.15, 0.2) is 59.1 Å². The number of hydrogen-bond donors (Lipinski definition) is 2. The summed E-state index contributed by atoms with van der Waals surface area (Å²) >= 11 is 0. The summed E-state index contributed by atoms with van der Waals surface area (Å²) in [7, 11) is 0. The molecular formula is C18H16FN3O4. The number of nitrogens with zero attached hydrogens (tertiary/aromatic N) is 2. The van der Waals surface area contributed by atoms with Crippen molar-refractivity contribution in [1.82, 2.24) is 15.5 Å². The fourth-order valence-corrected chi connectivity index (χ4v) is 2.19. The van der Waals surface area contributed by atoms with Crippen molar-refractivity contribution in [2.24, 2.45) is 0 Å². The van der Waals surface area contributed by atoms with E-state index in [1.54, 1.807) is 0 Å². The third kappa shape index (κ3) is 4.42. The molecular weight excluding hydrogens is 341 g/mol. The Morgan fingerprint density at radius 2 is 1.92 bits per heavy atom. The molecule has 134 valence electrons. The number of nitrogens with one attached hydrogen (secondary N) is 1. The zero-order valence-corrected chi connectivity index (χ0v) is 13.6. The molecule has 0 spiro atoms. The Labute approximate surface area is 148 Å². The van der Waals surface area contributed by atoms with E-state index in [9.17, 15) is 14.3 Å². The van der Waals surface area contributed by atoms with Crippen molar-refractivity contribution in [3.05, 3.63) is 71.9 Å². The first-order valence-electron chi connectivity index (χ1n) is 7.83. The Kier molecular flexibility index (Phi) is 5.55. The number of aromatic nitrogens is 2. The lowest BCUT2D eigenvalue weighted by Gasteiger charge is -2.12. The first kappa shape index (κ1) is 17.6. The van der Waals surface area contributed by atoms with Crippen LogP contribution in [0.5, 0.6) is 0 Å². The second-order valence-corrected chi connectivity index (χ2v) is 5.40.